The van der Waals surface area contributed by atoms with Gasteiger partial charge in [0.25, 0.3) is 5.91 Å². The minimum absolute atomic E-state index is 0.00786. The second-order valence-electron chi connectivity index (χ2n) is 5.47. The van der Waals surface area contributed by atoms with E-state index in [2.05, 4.69) is 4.90 Å². The summed E-state index contributed by atoms with van der Waals surface area (Å²) in [4.78, 5) is 27.6. The first kappa shape index (κ1) is 13.1. The Balaban J connectivity index is 1.70. The van der Waals surface area contributed by atoms with Gasteiger partial charge >= 0.3 is 5.97 Å². The number of rotatable bonds is 2. The smallest absolute Gasteiger partial charge is 0.335 e. The number of piperazine rings is 1. The summed E-state index contributed by atoms with van der Waals surface area (Å²) >= 11 is 0. The van der Waals surface area contributed by atoms with E-state index < -0.39 is 5.97 Å². The molecule has 2 heterocycles. The Bertz CT molecular complexity index is 526. The van der Waals surface area contributed by atoms with Crippen molar-refractivity contribution in [3.8, 4) is 0 Å². The van der Waals surface area contributed by atoms with Crippen molar-refractivity contribution in [3.63, 3.8) is 0 Å². The van der Waals surface area contributed by atoms with Crippen LogP contribution in [0, 0.1) is 0 Å². The topological polar surface area (TPSA) is 60.9 Å². The van der Waals surface area contributed by atoms with Crippen molar-refractivity contribution in [3.05, 3.63) is 35.4 Å². The van der Waals surface area contributed by atoms with Gasteiger partial charge in [-0.1, -0.05) is 0 Å². The van der Waals surface area contributed by atoms with Crippen LogP contribution in [0.1, 0.15) is 33.6 Å². The lowest BCUT2D eigenvalue weighted by atomic mass is 10.1. The molecule has 0 spiro atoms. The van der Waals surface area contributed by atoms with Crippen LogP contribution in [0.2, 0.25) is 0 Å². The molecule has 1 atom stereocenters. The van der Waals surface area contributed by atoms with Gasteiger partial charge in [-0.15, -0.1) is 0 Å². The molecule has 5 nitrogen and oxygen atoms in total. The molecule has 2 aliphatic heterocycles. The number of benzene rings is 1. The van der Waals surface area contributed by atoms with Gasteiger partial charge < -0.3 is 10.0 Å². The highest BCUT2D eigenvalue weighted by atomic mass is 16.4. The highest BCUT2D eigenvalue weighted by Gasteiger charge is 2.32. The van der Waals surface area contributed by atoms with Gasteiger partial charge in [0, 0.05) is 31.2 Å². The van der Waals surface area contributed by atoms with Gasteiger partial charge in [0.2, 0.25) is 0 Å². The van der Waals surface area contributed by atoms with Crippen molar-refractivity contribution in [2.45, 2.75) is 18.9 Å². The van der Waals surface area contributed by atoms with Crippen LogP contribution >= 0.6 is 0 Å². The first-order valence-electron chi connectivity index (χ1n) is 7.02. The second kappa shape index (κ2) is 5.25. The molecule has 2 fully saturated rings. The molecule has 1 unspecified atom stereocenters. The molecule has 3 rings (SSSR count). The predicted molar refractivity (Wildman–Crippen MR) is 73.9 cm³/mol. The monoisotopic (exact) mass is 274 g/mol. The zero-order chi connectivity index (χ0) is 14.1. The average Bonchev–Trinajstić information content (AvgIpc) is 2.94. The van der Waals surface area contributed by atoms with Gasteiger partial charge in [-0.3, -0.25) is 9.69 Å². The van der Waals surface area contributed by atoms with E-state index in [1.165, 1.54) is 25.0 Å². The maximum absolute atomic E-state index is 12.4. The molecule has 0 aromatic heterocycles. The van der Waals surface area contributed by atoms with E-state index in [1.807, 2.05) is 4.90 Å². The van der Waals surface area contributed by atoms with Crippen molar-refractivity contribution >= 4 is 11.9 Å². The summed E-state index contributed by atoms with van der Waals surface area (Å²) in [7, 11) is 0. The Morgan fingerprint density at radius 3 is 2.45 bits per heavy atom. The van der Waals surface area contributed by atoms with E-state index in [9.17, 15) is 9.59 Å². The third kappa shape index (κ3) is 2.41. The van der Waals surface area contributed by atoms with Crippen LogP contribution < -0.4 is 0 Å². The number of amides is 1. The maximum atomic E-state index is 12.4. The fourth-order valence-corrected chi connectivity index (χ4v) is 3.11. The highest BCUT2D eigenvalue weighted by Crippen LogP contribution is 2.22. The molecule has 0 radical (unpaired) electrons. The fraction of sp³-hybridized carbons (Fsp3) is 0.467. The highest BCUT2D eigenvalue weighted by molar-refractivity contribution is 5.96. The number of nitrogens with zero attached hydrogens (tertiary/aromatic N) is 2. The maximum Gasteiger partial charge on any atom is 0.335 e. The van der Waals surface area contributed by atoms with Crippen molar-refractivity contribution < 1.29 is 14.7 Å². The SMILES string of the molecule is O=C(O)c1ccc(C(=O)N2CCN3CCCC3C2)cc1. The lowest BCUT2D eigenvalue weighted by molar-refractivity contribution is 0.0570. The minimum Gasteiger partial charge on any atom is -0.478 e. The van der Waals surface area contributed by atoms with Crippen LogP contribution in [-0.2, 0) is 0 Å². The van der Waals surface area contributed by atoms with E-state index >= 15 is 0 Å². The first-order valence-corrected chi connectivity index (χ1v) is 7.02. The molecule has 0 bridgehead atoms. The number of carboxylic acids is 1. The van der Waals surface area contributed by atoms with Gasteiger partial charge in [0.1, 0.15) is 0 Å². The number of hydrogen-bond donors (Lipinski definition) is 1. The van der Waals surface area contributed by atoms with Gasteiger partial charge in [-0.2, -0.15) is 0 Å². The lowest BCUT2D eigenvalue weighted by Gasteiger charge is -2.37. The van der Waals surface area contributed by atoms with Crippen LogP contribution in [0.15, 0.2) is 24.3 Å². The zero-order valence-corrected chi connectivity index (χ0v) is 11.3. The number of carboxylic acid groups (broad SMARTS) is 1. The molecular weight excluding hydrogens is 256 g/mol. The lowest BCUT2D eigenvalue weighted by Crippen LogP contribution is -2.52. The van der Waals surface area contributed by atoms with E-state index in [-0.39, 0.29) is 11.5 Å². The first-order chi connectivity index (χ1) is 9.65. The molecule has 106 valence electrons. The summed E-state index contributed by atoms with van der Waals surface area (Å²) in [5.41, 5.74) is 0.781. The normalized spacial score (nSPS) is 22.6. The molecule has 0 aliphatic carbocycles. The minimum atomic E-state index is -0.969. The van der Waals surface area contributed by atoms with Crippen molar-refractivity contribution in [2.75, 3.05) is 26.2 Å². The molecule has 5 heteroatoms. The van der Waals surface area contributed by atoms with Gasteiger partial charge in [-0.05, 0) is 43.7 Å². The van der Waals surface area contributed by atoms with E-state index in [4.69, 9.17) is 5.11 Å². The molecule has 20 heavy (non-hydrogen) atoms. The molecule has 2 aliphatic rings. The van der Waals surface area contributed by atoms with Crippen LogP contribution in [0.3, 0.4) is 0 Å². The third-order valence-corrected chi connectivity index (χ3v) is 4.25. The Morgan fingerprint density at radius 1 is 1.05 bits per heavy atom. The van der Waals surface area contributed by atoms with Gasteiger partial charge in [0.05, 0.1) is 5.56 Å². The molecule has 1 aromatic rings. The van der Waals surface area contributed by atoms with Crippen LogP contribution in [-0.4, -0.2) is 59.0 Å². The zero-order valence-electron chi connectivity index (χ0n) is 11.3. The standard InChI is InChI=1S/C15H18N2O3/c18-14(11-3-5-12(6-4-11)15(19)20)17-9-8-16-7-1-2-13(16)10-17/h3-6,13H,1-2,7-10H2,(H,19,20). The number of carbonyl (C=O) groups is 2. The van der Waals surface area contributed by atoms with E-state index in [0.717, 1.165) is 26.2 Å². The van der Waals surface area contributed by atoms with E-state index in [1.54, 1.807) is 12.1 Å². The summed E-state index contributed by atoms with van der Waals surface area (Å²) in [5.74, 6) is -0.961. The summed E-state index contributed by atoms with van der Waals surface area (Å²) in [6.07, 6.45) is 2.39. The molecule has 1 N–H and O–H groups in total. The number of aromatic carboxylic acids is 1. The summed E-state index contributed by atoms with van der Waals surface area (Å²) in [6, 6.07) is 6.69. The van der Waals surface area contributed by atoms with Crippen LogP contribution in [0.25, 0.3) is 0 Å². The number of carbonyl (C=O) groups excluding carboxylic acids is 1. The Kier molecular flexibility index (Phi) is 3.44. The number of hydrogen-bond acceptors (Lipinski definition) is 3. The van der Waals surface area contributed by atoms with Crippen LogP contribution in [0.4, 0.5) is 0 Å². The number of fused-ring (bicyclic) bond motifs is 1. The molecular formula is C15H18N2O3. The average molecular weight is 274 g/mol. The van der Waals surface area contributed by atoms with Gasteiger partial charge in [-0.25, -0.2) is 4.79 Å². The molecule has 1 amide bonds. The van der Waals surface area contributed by atoms with Gasteiger partial charge in [0.15, 0.2) is 0 Å². The van der Waals surface area contributed by atoms with E-state index in [0.29, 0.717) is 11.6 Å². The van der Waals surface area contributed by atoms with Crippen molar-refractivity contribution in [1.29, 1.82) is 0 Å². The largest absolute Gasteiger partial charge is 0.478 e. The third-order valence-electron chi connectivity index (χ3n) is 4.25. The van der Waals surface area contributed by atoms with Crippen LogP contribution in [0.5, 0.6) is 0 Å². The quantitative estimate of drug-likeness (QED) is 0.883. The Labute approximate surface area is 117 Å². The summed E-state index contributed by atoms with van der Waals surface area (Å²) in [5, 5.41) is 8.86. The Morgan fingerprint density at radius 2 is 1.75 bits per heavy atom. The van der Waals surface area contributed by atoms with Crippen molar-refractivity contribution in [2.24, 2.45) is 0 Å². The van der Waals surface area contributed by atoms with Crippen molar-refractivity contribution in [1.82, 2.24) is 9.80 Å². The second-order valence-corrected chi connectivity index (χ2v) is 5.47. The molecule has 1 aromatic carbocycles. The summed E-state index contributed by atoms with van der Waals surface area (Å²) < 4.78 is 0. The molecule has 2 saturated heterocycles. The molecule has 0 saturated carbocycles. The summed E-state index contributed by atoms with van der Waals surface area (Å²) in [6.45, 7) is 3.65. The Hall–Kier alpha value is -1.88. The fourth-order valence-electron chi connectivity index (χ4n) is 3.11. The predicted octanol–water partition coefficient (Wildman–Crippen LogP) is 1.30.